The molecule has 0 spiro atoms. The molecular formula is C17H26F2N4O3S2. The van der Waals surface area contributed by atoms with E-state index in [9.17, 15) is 22.0 Å². The molecule has 0 radical (unpaired) electrons. The third kappa shape index (κ3) is 6.38. The average molecular weight is 437 g/mol. The van der Waals surface area contributed by atoms with Crippen molar-refractivity contribution < 1.29 is 22.0 Å². The molecule has 1 aliphatic heterocycles. The van der Waals surface area contributed by atoms with Crippen LogP contribution in [0.4, 0.5) is 14.5 Å². The van der Waals surface area contributed by atoms with Crippen molar-refractivity contribution >= 4 is 33.6 Å². The maximum absolute atomic E-state index is 12.5. The zero-order valence-electron chi connectivity index (χ0n) is 16.0. The molecule has 158 valence electrons. The molecule has 0 aliphatic carbocycles. The quantitative estimate of drug-likeness (QED) is 0.601. The fourth-order valence-electron chi connectivity index (χ4n) is 2.95. The molecule has 1 aliphatic rings. The van der Waals surface area contributed by atoms with Crippen LogP contribution in [0, 0.1) is 0 Å². The summed E-state index contributed by atoms with van der Waals surface area (Å²) in [4.78, 5) is 14.5. The van der Waals surface area contributed by atoms with Crippen molar-refractivity contribution in [3.63, 3.8) is 0 Å². The highest BCUT2D eigenvalue weighted by Crippen LogP contribution is 2.26. The summed E-state index contributed by atoms with van der Waals surface area (Å²) < 4.78 is 52.6. The smallest absolute Gasteiger partial charge is 0.288 e. The number of nitrogens with one attached hydrogen (secondary N) is 1. The van der Waals surface area contributed by atoms with Crippen molar-refractivity contribution in [2.75, 3.05) is 51.1 Å². The van der Waals surface area contributed by atoms with Gasteiger partial charge in [0.2, 0.25) is 5.91 Å². The normalized spacial score (nSPS) is 16.6. The number of carbonyl (C=O) groups excluding carboxylic acids is 1. The standard InChI is InChI=1S/C17H26F2N4O3S2/c1-3-22(4-2)28(25,26)23-11-9-21(10-12-23)13-16(24)20-14-5-7-15(8-6-14)27-17(18)19/h5-8,17H,3-4,9-13H2,1-2H3,(H,20,24). The van der Waals surface area contributed by atoms with Gasteiger partial charge >= 0.3 is 0 Å². The highest BCUT2D eigenvalue weighted by Gasteiger charge is 2.31. The minimum Gasteiger partial charge on any atom is -0.325 e. The van der Waals surface area contributed by atoms with Crippen LogP contribution >= 0.6 is 11.8 Å². The van der Waals surface area contributed by atoms with Gasteiger partial charge in [0.15, 0.2) is 0 Å². The van der Waals surface area contributed by atoms with Gasteiger partial charge in [-0.05, 0) is 24.3 Å². The fraction of sp³-hybridized carbons (Fsp3) is 0.588. The van der Waals surface area contributed by atoms with Crippen LogP contribution in [0.15, 0.2) is 29.2 Å². The highest BCUT2D eigenvalue weighted by atomic mass is 32.2. The molecule has 0 unspecified atom stereocenters. The van der Waals surface area contributed by atoms with Gasteiger partial charge in [0.05, 0.1) is 6.54 Å². The number of amides is 1. The van der Waals surface area contributed by atoms with Crippen LogP contribution in [0.3, 0.4) is 0 Å². The lowest BCUT2D eigenvalue weighted by atomic mass is 10.3. The molecule has 1 heterocycles. The molecule has 1 amide bonds. The third-order valence-corrected chi connectivity index (χ3v) is 7.33. The van der Waals surface area contributed by atoms with Gasteiger partial charge in [0.25, 0.3) is 16.0 Å². The van der Waals surface area contributed by atoms with Crippen LogP contribution in [0.2, 0.25) is 0 Å². The van der Waals surface area contributed by atoms with Crippen molar-refractivity contribution in [2.24, 2.45) is 0 Å². The number of halogens is 2. The maximum atomic E-state index is 12.5. The number of alkyl halides is 2. The summed E-state index contributed by atoms with van der Waals surface area (Å²) in [5, 5.41) is 2.73. The predicted octanol–water partition coefficient (Wildman–Crippen LogP) is 2.14. The molecule has 1 aromatic carbocycles. The van der Waals surface area contributed by atoms with Crippen LogP contribution in [0.1, 0.15) is 13.8 Å². The summed E-state index contributed by atoms with van der Waals surface area (Å²) in [5.74, 6) is -2.71. The van der Waals surface area contributed by atoms with E-state index in [0.29, 0.717) is 61.6 Å². The van der Waals surface area contributed by atoms with Crippen LogP contribution in [-0.4, -0.2) is 79.4 Å². The van der Waals surface area contributed by atoms with E-state index < -0.39 is 16.0 Å². The van der Waals surface area contributed by atoms with E-state index in [2.05, 4.69) is 5.32 Å². The van der Waals surface area contributed by atoms with E-state index in [4.69, 9.17) is 0 Å². The lowest BCUT2D eigenvalue weighted by Crippen LogP contribution is -2.54. The maximum Gasteiger partial charge on any atom is 0.288 e. The second kappa shape index (κ2) is 10.5. The van der Waals surface area contributed by atoms with E-state index in [1.54, 1.807) is 26.0 Å². The molecule has 1 aromatic rings. The molecule has 0 aromatic heterocycles. The van der Waals surface area contributed by atoms with Crippen molar-refractivity contribution in [2.45, 2.75) is 24.5 Å². The Hall–Kier alpha value is -1.27. The van der Waals surface area contributed by atoms with Gasteiger partial charge in [0.1, 0.15) is 0 Å². The first kappa shape index (κ1) is 23.0. The number of nitrogens with zero attached hydrogens (tertiary/aromatic N) is 3. The minimum absolute atomic E-state index is 0.146. The third-order valence-electron chi connectivity index (χ3n) is 4.42. The van der Waals surface area contributed by atoms with Crippen molar-refractivity contribution in [3.05, 3.63) is 24.3 Å². The first-order valence-electron chi connectivity index (χ1n) is 9.08. The summed E-state index contributed by atoms with van der Waals surface area (Å²) in [6.07, 6.45) is 0. The number of hydrogen-bond acceptors (Lipinski definition) is 5. The van der Waals surface area contributed by atoms with Crippen molar-refractivity contribution in [1.29, 1.82) is 0 Å². The topological polar surface area (TPSA) is 73.0 Å². The number of thioether (sulfide) groups is 1. The Morgan fingerprint density at radius 3 is 2.21 bits per heavy atom. The Balaban J connectivity index is 1.82. The Bertz CT molecular complexity index is 735. The summed E-state index contributed by atoms with van der Waals surface area (Å²) in [6, 6.07) is 6.22. The number of rotatable bonds is 9. The number of hydrogen-bond donors (Lipinski definition) is 1. The average Bonchev–Trinajstić information content (AvgIpc) is 2.64. The van der Waals surface area contributed by atoms with Crippen LogP contribution in [0.25, 0.3) is 0 Å². The summed E-state index contributed by atoms with van der Waals surface area (Å²) in [5.41, 5.74) is 0.534. The summed E-state index contributed by atoms with van der Waals surface area (Å²) in [6.45, 7) is 6.23. The molecule has 7 nitrogen and oxygen atoms in total. The van der Waals surface area contributed by atoms with Crippen molar-refractivity contribution in [3.8, 4) is 0 Å². The molecule has 0 bridgehead atoms. The van der Waals surface area contributed by atoms with E-state index >= 15 is 0 Å². The van der Waals surface area contributed by atoms with Gasteiger partial charge in [-0.25, -0.2) is 0 Å². The van der Waals surface area contributed by atoms with E-state index in [1.807, 2.05) is 4.90 Å². The number of benzene rings is 1. The van der Waals surface area contributed by atoms with Crippen LogP contribution in [0.5, 0.6) is 0 Å². The Morgan fingerprint density at radius 2 is 1.71 bits per heavy atom. The highest BCUT2D eigenvalue weighted by molar-refractivity contribution is 7.99. The second-order valence-electron chi connectivity index (χ2n) is 6.22. The zero-order chi connectivity index (χ0) is 20.7. The Morgan fingerprint density at radius 1 is 1.14 bits per heavy atom. The van der Waals surface area contributed by atoms with Crippen molar-refractivity contribution in [1.82, 2.24) is 13.5 Å². The Kier molecular flexibility index (Phi) is 8.62. The molecular weight excluding hydrogens is 410 g/mol. The number of anilines is 1. The van der Waals surface area contributed by atoms with E-state index in [1.165, 1.54) is 20.7 Å². The Labute approximate surface area is 169 Å². The van der Waals surface area contributed by atoms with Gasteiger partial charge < -0.3 is 5.32 Å². The molecule has 1 fully saturated rings. The molecule has 28 heavy (non-hydrogen) atoms. The van der Waals surface area contributed by atoms with Gasteiger partial charge in [-0.2, -0.15) is 25.8 Å². The van der Waals surface area contributed by atoms with Crippen LogP contribution < -0.4 is 5.32 Å². The number of carbonyl (C=O) groups is 1. The lowest BCUT2D eigenvalue weighted by molar-refractivity contribution is -0.117. The lowest BCUT2D eigenvalue weighted by Gasteiger charge is -2.35. The first-order valence-corrected chi connectivity index (χ1v) is 11.4. The van der Waals surface area contributed by atoms with E-state index in [0.717, 1.165) is 0 Å². The summed E-state index contributed by atoms with van der Waals surface area (Å²) >= 11 is 0.450. The largest absolute Gasteiger partial charge is 0.325 e. The molecule has 1 saturated heterocycles. The molecule has 0 saturated carbocycles. The fourth-order valence-corrected chi connectivity index (χ4v) is 5.06. The second-order valence-corrected chi connectivity index (χ2v) is 9.21. The SMILES string of the molecule is CCN(CC)S(=O)(=O)N1CCN(CC(=O)Nc2ccc(SC(F)F)cc2)CC1. The van der Waals surface area contributed by atoms with Gasteiger partial charge in [-0.15, -0.1) is 0 Å². The molecule has 11 heteroatoms. The zero-order valence-corrected chi connectivity index (χ0v) is 17.6. The summed E-state index contributed by atoms with van der Waals surface area (Å²) in [7, 11) is -3.45. The van der Waals surface area contributed by atoms with Gasteiger partial charge in [0, 0.05) is 49.9 Å². The molecule has 1 N–H and O–H groups in total. The van der Waals surface area contributed by atoms with E-state index in [-0.39, 0.29) is 12.5 Å². The first-order chi connectivity index (χ1) is 13.3. The predicted molar refractivity (Wildman–Crippen MR) is 107 cm³/mol. The van der Waals surface area contributed by atoms with Gasteiger partial charge in [-0.3, -0.25) is 9.69 Å². The number of piperazine rings is 1. The molecule has 0 atom stereocenters. The monoisotopic (exact) mass is 436 g/mol. The molecule has 2 rings (SSSR count). The van der Waals surface area contributed by atoms with Crippen LogP contribution in [-0.2, 0) is 15.0 Å². The minimum atomic E-state index is -3.45. The van der Waals surface area contributed by atoms with Gasteiger partial charge in [-0.1, -0.05) is 25.6 Å².